The first-order valence-electron chi connectivity index (χ1n) is 9.67. The summed E-state index contributed by atoms with van der Waals surface area (Å²) in [6.07, 6.45) is 6.33. The summed E-state index contributed by atoms with van der Waals surface area (Å²) in [6, 6.07) is 17.0. The van der Waals surface area contributed by atoms with Crippen LogP contribution in [-0.2, 0) is 0 Å². The number of benzene rings is 2. The first kappa shape index (κ1) is 18.8. The fourth-order valence-electron chi connectivity index (χ4n) is 3.45. The fourth-order valence-corrected chi connectivity index (χ4v) is 3.45. The van der Waals surface area contributed by atoms with Gasteiger partial charge in [0.25, 0.3) is 0 Å². The summed E-state index contributed by atoms with van der Waals surface area (Å²) in [5.74, 6) is 0. The molecular formula is C23H23N5O. The summed E-state index contributed by atoms with van der Waals surface area (Å²) >= 11 is 0. The lowest BCUT2D eigenvalue weighted by Crippen LogP contribution is -2.12. The van der Waals surface area contributed by atoms with Gasteiger partial charge in [-0.25, -0.2) is 9.97 Å². The summed E-state index contributed by atoms with van der Waals surface area (Å²) in [7, 11) is 0. The number of H-pyrrole nitrogens is 1. The molecule has 0 aliphatic heterocycles. The lowest BCUT2D eigenvalue weighted by atomic mass is 9.89. The molecule has 4 aromatic rings. The minimum Gasteiger partial charge on any atom is -0.462 e. The van der Waals surface area contributed by atoms with Gasteiger partial charge in [0.05, 0.1) is 11.7 Å². The number of nitrogens with one attached hydrogen (secondary N) is 1. The van der Waals surface area contributed by atoms with Gasteiger partial charge in [0.15, 0.2) is 0 Å². The third kappa shape index (κ3) is 4.02. The van der Waals surface area contributed by atoms with Crippen molar-refractivity contribution in [1.82, 2.24) is 20.2 Å². The zero-order valence-electron chi connectivity index (χ0n) is 16.3. The smallest absolute Gasteiger partial charge is 0.316 e. The third-order valence-electron chi connectivity index (χ3n) is 4.77. The highest BCUT2D eigenvalue weighted by molar-refractivity contribution is 6.00. The maximum absolute atomic E-state index is 5.49. The molecule has 0 amide bonds. The van der Waals surface area contributed by atoms with Crippen molar-refractivity contribution in [1.29, 1.82) is 0 Å². The number of nitrogens with zero attached hydrogens (tertiary/aromatic N) is 3. The minimum absolute atomic E-state index is 0.335. The summed E-state index contributed by atoms with van der Waals surface area (Å²) in [4.78, 5) is 8.77. The molecule has 2 aromatic heterocycles. The predicted octanol–water partition coefficient (Wildman–Crippen LogP) is 4.06. The second-order valence-electron chi connectivity index (χ2n) is 6.64. The SMILES string of the molecule is CCC(=C(c1cnc(OCCN)nc1)c1ccc2[nH]ncc2c1)c1ccccc1. The first-order valence-corrected chi connectivity index (χ1v) is 9.67. The third-order valence-corrected chi connectivity index (χ3v) is 4.77. The van der Waals surface area contributed by atoms with Crippen molar-refractivity contribution in [3.8, 4) is 6.01 Å². The molecule has 0 aliphatic carbocycles. The number of aromatic amines is 1. The van der Waals surface area contributed by atoms with Gasteiger partial charge < -0.3 is 10.5 Å². The Labute approximate surface area is 169 Å². The molecular weight excluding hydrogens is 362 g/mol. The highest BCUT2D eigenvalue weighted by Crippen LogP contribution is 2.35. The van der Waals surface area contributed by atoms with Gasteiger partial charge in [0.1, 0.15) is 6.61 Å². The van der Waals surface area contributed by atoms with Crippen LogP contribution in [0.1, 0.15) is 30.0 Å². The quantitative estimate of drug-likeness (QED) is 0.468. The Hall–Kier alpha value is -3.51. The molecule has 6 heteroatoms. The van der Waals surface area contributed by atoms with Gasteiger partial charge in [-0.1, -0.05) is 43.3 Å². The average molecular weight is 385 g/mol. The second kappa shape index (κ2) is 8.67. The molecule has 0 unspecified atom stereocenters. The standard InChI is InChI=1S/C23H23N5O/c1-2-20(16-6-4-3-5-7-16)22(17-8-9-21-18(12-17)15-27-28-21)19-13-25-23(26-14-19)29-11-10-24/h3-9,12-15H,2,10-11,24H2,1H3,(H,27,28). The average Bonchev–Trinajstić information content (AvgIpc) is 3.25. The molecule has 0 saturated heterocycles. The Balaban J connectivity index is 1.88. The highest BCUT2D eigenvalue weighted by Gasteiger charge is 2.15. The van der Waals surface area contributed by atoms with Crippen LogP contribution < -0.4 is 10.5 Å². The van der Waals surface area contributed by atoms with Crippen LogP contribution in [0.2, 0.25) is 0 Å². The van der Waals surface area contributed by atoms with Gasteiger partial charge in [-0.3, -0.25) is 5.10 Å². The van der Waals surface area contributed by atoms with Gasteiger partial charge in [-0.15, -0.1) is 0 Å². The number of fused-ring (bicyclic) bond motifs is 1. The maximum atomic E-state index is 5.49. The van der Waals surface area contributed by atoms with E-state index in [1.165, 1.54) is 11.1 Å². The molecule has 0 saturated carbocycles. The molecule has 0 aliphatic rings. The molecule has 146 valence electrons. The van der Waals surface area contributed by atoms with E-state index in [1.54, 1.807) is 0 Å². The van der Waals surface area contributed by atoms with Crippen LogP contribution in [0, 0.1) is 0 Å². The van der Waals surface area contributed by atoms with Crippen molar-refractivity contribution in [2.24, 2.45) is 5.73 Å². The fraction of sp³-hybridized carbons (Fsp3) is 0.174. The summed E-state index contributed by atoms with van der Waals surface area (Å²) in [5.41, 5.74) is 12.0. The number of aromatic nitrogens is 4. The molecule has 0 fully saturated rings. The molecule has 29 heavy (non-hydrogen) atoms. The number of ether oxygens (including phenoxy) is 1. The molecule has 0 spiro atoms. The maximum Gasteiger partial charge on any atom is 0.316 e. The molecule has 0 radical (unpaired) electrons. The van der Waals surface area contributed by atoms with E-state index in [4.69, 9.17) is 10.5 Å². The normalized spacial score (nSPS) is 12.1. The van der Waals surface area contributed by atoms with E-state index in [1.807, 2.05) is 24.7 Å². The first-order chi connectivity index (χ1) is 14.3. The van der Waals surface area contributed by atoms with Crippen LogP contribution in [0.5, 0.6) is 6.01 Å². The van der Waals surface area contributed by atoms with Crippen LogP contribution in [-0.4, -0.2) is 33.3 Å². The van der Waals surface area contributed by atoms with Crippen LogP contribution >= 0.6 is 0 Å². The lowest BCUT2D eigenvalue weighted by Gasteiger charge is -2.16. The van der Waals surface area contributed by atoms with Crippen LogP contribution in [0.4, 0.5) is 0 Å². The zero-order valence-corrected chi connectivity index (χ0v) is 16.3. The Morgan fingerprint density at radius 1 is 0.966 bits per heavy atom. The molecule has 0 atom stereocenters. The van der Waals surface area contributed by atoms with E-state index in [0.29, 0.717) is 19.2 Å². The molecule has 4 rings (SSSR count). The molecule has 2 heterocycles. The van der Waals surface area contributed by atoms with E-state index >= 15 is 0 Å². The van der Waals surface area contributed by atoms with Crippen molar-refractivity contribution in [2.75, 3.05) is 13.2 Å². The van der Waals surface area contributed by atoms with Crippen LogP contribution in [0.3, 0.4) is 0 Å². The van der Waals surface area contributed by atoms with E-state index < -0.39 is 0 Å². The number of rotatable bonds is 7. The minimum atomic E-state index is 0.335. The predicted molar refractivity (Wildman–Crippen MR) is 115 cm³/mol. The summed E-state index contributed by atoms with van der Waals surface area (Å²) in [6.45, 7) is 2.98. The number of hydrogen-bond acceptors (Lipinski definition) is 5. The highest BCUT2D eigenvalue weighted by atomic mass is 16.5. The van der Waals surface area contributed by atoms with Gasteiger partial charge in [-0.2, -0.15) is 5.10 Å². The summed E-state index contributed by atoms with van der Waals surface area (Å²) in [5, 5.41) is 8.22. The molecule has 6 nitrogen and oxygen atoms in total. The van der Waals surface area contributed by atoms with Crippen LogP contribution in [0.15, 0.2) is 67.1 Å². The Bertz CT molecular complexity index is 1120. The van der Waals surface area contributed by atoms with Crippen molar-refractivity contribution >= 4 is 22.0 Å². The number of allylic oxidation sites excluding steroid dienone is 1. The Kier molecular flexibility index (Phi) is 5.63. The lowest BCUT2D eigenvalue weighted by molar-refractivity contribution is 0.302. The summed E-state index contributed by atoms with van der Waals surface area (Å²) < 4.78 is 5.44. The molecule has 0 bridgehead atoms. The monoisotopic (exact) mass is 385 g/mol. The van der Waals surface area contributed by atoms with Gasteiger partial charge in [0.2, 0.25) is 0 Å². The Morgan fingerprint density at radius 3 is 2.48 bits per heavy atom. The van der Waals surface area contributed by atoms with Crippen molar-refractivity contribution in [3.05, 3.63) is 83.8 Å². The van der Waals surface area contributed by atoms with Crippen molar-refractivity contribution in [2.45, 2.75) is 13.3 Å². The number of nitrogens with two attached hydrogens (primary N) is 1. The van der Waals surface area contributed by atoms with Crippen LogP contribution in [0.25, 0.3) is 22.0 Å². The van der Waals surface area contributed by atoms with Crippen molar-refractivity contribution < 1.29 is 4.74 Å². The Morgan fingerprint density at radius 2 is 1.76 bits per heavy atom. The van der Waals surface area contributed by atoms with Crippen molar-refractivity contribution in [3.63, 3.8) is 0 Å². The van der Waals surface area contributed by atoms with Gasteiger partial charge in [0, 0.05) is 29.9 Å². The molecule has 2 aromatic carbocycles. The topological polar surface area (TPSA) is 89.7 Å². The van der Waals surface area contributed by atoms with E-state index in [-0.39, 0.29) is 0 Å². The van der Waals surface area contributed by atoms with Gasteiger partial charge in [-0.05, 0) is 40.8 Å². The molecule has 3 N–H and O–H groups in total. The second-order valence-corrected chi connectivity index (χ2v) is 6.64. The number of hydrogen-bond donors (Lipinski definition) is 2. The van der Waals surface area contributed by atoms with E-state index in [0.717, 1.165) is 34.0 Å². The van der Waals surface area contributed by atoms with Gasteiger partial charge >= 0.3 is 6.01 Å². The van der Waals surface area contributed by atoms with E-state index in [2.05, 4.69) is 69.6 Å². The zero-order chi connectivity index (χ0) is 20.1. The van der Waals surface area contributed by atoms with E-state index in [9.17, 15) is 0 Å². The largest absolute Gasteiger partial charge is 0.462 e.